The van der Waals surface area contributed by atoms with Crippen molar-refractivity contribution in [1.82, 2.24) is 4.90 Å². The molecule has 3 rings (SSSR count). The number of piperidine rings is 1. The fraction of sp³-hybridized carbons (Fsp3) is 0.571. The summed E-state index contributed by atoms with van der Waals surface area (Å²) < 4.78 is 18.8. The second-order valence-corrected chi connectivity index (χ2v) is 5.31. The van der Waals surface area contributed by atoms with Gasteiger partial charge in [-0.15, -0.1) is 0 Å². The predicted molar refractivity (Wildman–Crippen MR) is 66.0 cm³/mol. The van der Waals surface area contributed by atoms with Crippen LogP contribution in [0.15, 0.2) is 18.2 Å². The lowest BCUT2D eigenvalue weighted by Crippen LogP contribution is -2.44. The van der Waals surface area contributed by atoms with Crippen LogP contribution in [0.2, 0.25) is 0 Å². The number of nitrogens with zero attached hydrogens (tertiary/aromatic N) is 1. The molecule has 0 spiro atoms. The molecule has 2 bridgehead atoms. The van der Waals surface area contributed by atoms with Gasteiger partial charge in [-0.2, -0.15) is 0 Å². The maximum atomic E-state index is 13.5. The molecule has 0 aliphatic carbocycles. The number of benzene rings is 1. The van der Waals surface area contributed by atoms with Crippen LogP contribution in [0.1, 0.15) is 18.4 Å². The van der Waals surface area contributed by atoms with Crippen LogP contribution >= 0.6 is 0 Å². The molecule has 18 heavy (non-hydrogen) atoms. The quantitative estimate of drug-likeness (QED) is 0.869. The van der Waals surface area contributed by atoms with Gasteiger partial charge in [0.15, 0.2) is 0 Å². The minimum atomic E-state index is -0.944. The molecule has 0 amide bonds. The van der Waals surface area contributed by atoms with Gasteiger partial charge in [-0.05, 0) is 37.6 Å². The Morgan fingerprint density at radius 1 is 1.44 bits per heavy atom. The molecule has 3 unspecified atom stereocenters. The van der Waals surface area contributed by atoms with E-state index in [1.54, 1.807) is 13.2 Å². The molecule has 4 heteroatoms. The molecule has 0 aromatic heterocycles. The monoisotopic (exact) mass is 251 g/mol. The minimum absolute atomic E-state index is 0.182. The maximum Gasteiger partial charge on any atom is 0.125 e. The lowest BCUT2D eigenvalue weighted by Gasteiger charge is -2.39. The highest BCUT2D eigenvalue weighted by molar-refractivity contribution is 5.39. The molecule has 1 N–H and O–H groups in total. The van der Waals surface area contributed by atoms with Gasteiger partial charge in [0, 0.05) is 24.6 Å². The molecule has 98 valence electrons. The highest BCUT2D eigenvalue weighted by Crippen LogP contribution is 2.45. The highest BCUT2D eigenvalue weighted by Gasteiger charge is 2.47. The number of aliphatic hydroxyl groups is 1. The molecule has 0 radical (unpaired) electrons. The highest BCUT2D eigenvalue weighted by atomic mass is 19.1. The molecular formula is C14H18FNO2. The summed E-state index contributed by atoms with van der Waals surface area (Å²) in [5, 5.41) is 11.0. The Morgan fingerprint density at radius 3 is 3.06 bits per heavy atom. The molecule has 1 aromatic carbocycles. The van der Waals surface area contributed by atoms with E-state index in [0.717, 1.165) is 26.1 Å². The van der Waals surface area contributed by atoms with Crippen LogP contribution < -0.4 is 4.74 Å². The van der Waals surface area contributed by atoms with E-state index in [-0.39, 0.29) is 11.7 Å². The standard InChI is InChI=1S/C14H18FNO2/c1-18-13-3-2-11(15)8-12(13)14(17)5-7-16-6-4-10(14)9-16/h2-3,8,10,17H,4-7,9H2,1H3. The zero-order valence-corrected chi connectivity index (χ0v) is 10.5. The van der Waals surface area contributed by atoms with Gasteiger partial charge in [-0.25, -0.2) is 4.39 Å². The van der Waals surface area contributed by atoms with Gasteiger partial charge in [-0.3, -0.25) is 0 Å². The van der Waals surface area contributed by atoms with Gasteiger partial charge in [0.25, 0.3) is 0 Å². The van der Waals surface area contributed by atoms with Crippen LogP contribution in [0, 0.1) is 11.7 Å². The fourth-order valence-corrected chi connectivity index (χ4v) is 3.33. The predicted octanol–water partition coefficient (Wildman–Crippen LogP) is 1.75. The van der Waals surface area contributed by atoms with Gasteiger partial charge in [-0.1, -0.05) is 0 Å². The Labute approximate surface area is 106 Å². The molecule has 3 nitrogen and oxygen atoms in total. The molecule has 2 heterocycles. The number of ether oxygens (including phenoxy) is 1. The maximum absolute atomic E-state index is 13.5. The largest absolute Gasteiger partial charge is 0.496 e. The van der Waals surface area contributed by atoms with Crippen LogP contribution in [0.4, 0.5) is 4.39 Å². The molecule has 0 saturated carbocycles. The van der Waals surface area contributed by atoms with Gasteiger partial charge in [0.1, 0.15) is 11.6 Å². The van der Waals surface area contributed by atoms with Gasteiger partial charge < -0.3 is 14.7 Å². The summed E-state index contributed by atoms with van der Waals surface area (Å²) >= 11 is 0. The molecule has 2 fully saturated rings. The van der Waals surface area contributed by atoms with Crippen molar-refractivity contribution in [3.8, 4) is 5.75 Å². The summed E-state index contributed by atoms with van der Waals surface area (Å²) in [7, 11) is 1.56. The van der Waals surface area contributed by atoms with Crippen LogP contribution in [-0.2, 0) is 5.60 Å². The summed E-state index contributed by atoms with van der Waals surface area (Å²) in [4.78, 5) is 2.35. The number of rotatable bonds is 2. The van der Waals surface area contributed by atoms with E-state index >= 15 is 0 Å². The van der Waals surface area contributed by atoms with Crippen LogP contribution in [0.3, 0.4) is 0 Å². The van der Waals surface area contributed by atoms with E-state index in [0.29, 0.717) is 17.7 Å². The van der Waals surface area contributed by atoms with Crippen LogP contribution in [0.25, 0.3) is 0 Å². The average molecular weight is 251 g/mol. The lowest BCUT2D eigenvalue weighted by atomic mass is 9.76. The van der Waals surface area contributed by atoms with E-state index < -0.39 is 5.60 Å². The summed E-state index contributed by atoms with van der Waals surface area (Å²) in [6.07, 6.45) is 1.62. The number of hydrogen-bond acceptors (Lipinski definition) is 3. The van der Waals surface area contributed by atoms with Crippen molar-refractivity contribution in [1.29, 1.82) is 0 Å². The first-order valence-electron chi connectivity index (χ1n) is 6.42. The number of halogens is 1. The minimum Gasteiger partial charge on any atom is -0.496 e. The van der Waals surface area contributed by atoms with Crippen molar-refractivity contribution >= 4 is 0 Å². The first kappa shape index (κ1) is 11.9. The van der Waals surface area contributed by atoms with Gasteiger partial charge >= 0.3 is 0 Å². The Morgan fingerprint density at radius 2 is 2.28 bits per heavy atom. The molecule has 2 aliphatic rings. The van der Waals surface area contributed by atoms with Crippen molar-refractivity contribution in [2.75, 3.05) is 26.7 Å². The summed E-state index contributed by atoms with van der Waals surface area (Å²) in [6.45, 7) is 2.80. The third kappa shape index (κ3) is 1.71. The average Bonchev–Trinajstić information content (AvgIpc) is 2.79. The topological polar surface area (TPSA) is 32.7 Å². The smallest absolute Gasteiger partial charge is 0.125 e. The van der Waals surface area contributed by atoms with Gasteiger partial charge in [0.05, 0.1) is 12.7 Å². The van der Waals surface area contributed by atoms with Crippen molar-refractivity contribution in [3.63, 3.8) is 0 Å². The molecule has 2 aliphatic heterocycles. The van der Waals surface area contributed by atoms with Crippen molar-refractivity contribution in [2.24, 2.45) is 5.92 Å². The Balaban J connectivity index is 2.04. The number of fused-ring (bicyclic) bond motifs is 2. The lowest BCUT2D eigenvalue weighted by molar-refractivity contribution is -0.0519. The summed E-state index contributed by atoms with van der Waals surface area (Å²) in [5.41, 5.74) is -0.336. The Kier molecular flexibility index (Phi) is 2.79. The Hall–Kier alpha value is -1.13. The van der Waals surface area contributed by atoms with Crippen LogP contribution in [-0.4, -0.2) is 36.8 Å². The zero-order valence-electron chi connectivity index (χ0n) is 10.5. The fourth-order valence-electron chi connectivity index (χ4n) is 3.33. The molecule has 3 atom stereocenters. The summed E-state index contributed by atoms with van der Waals surface area (Å²) in [5.74, 6) is 0.445. The van der Waals surface area contributed by atoms with Crippen molar-refractivity contribution < 1.29 is 14.2 Å². The molecular weight excluding hydrogens is 233 g/mol. The van der Waals surface area contributed by atoms with Gasteiger partial charge in [0.2, 0.25) is 0 Å². The van der Waals surface area contributed by atoms with E-state index in [9.17, 15) is 9.50 Å². The Bertz CT molecular complexity index is 465. The van der Waals surface area contributed by atoms with Crippen molar-refractivity contribution in [2.45, 2.75) is 18.4 Å². The van der Waals surface area contributed by atoms with E-state index in [1.807, 2.05) is 0 Å². The SMILES string of the molecule is COc1ccc(F)cc1C1(O)CCN2CCC1C2. The second kappa shape index (κ2) is 4.21. The molecule has 1 aromatic rings. The van der Waals surface area contributed by atoms with E-state index in [4.69, 9.17) is 4.74 Å². The summed E-state index contributed by atoms with van der Waals surface area (Å²) in [6, 6.07) is 4.40. The first-order chi connectivity index (χ1) is 8.63. The van der Waals surface area contributed by atoms with Crippen molar-refractivity contribution in [3.05, 3.63) is 29.6 Å². The first-order valence-corrected chi connectivity index (χ1v) is 6.42. The zero-order chi connectivity index (χ0) is 12.8. The third-order valence-electron chi connectivity index (χ3n) is 4.38. The van der Waals surface area contributed by atoms with E-state index in [2.05, 4.69) is 4.90 Å². The van der Waals surface area contributed by atoms with E-state index in [1.165, 1.54) is 12.1 Å². The normalized spacial score (nSPS) is 34.6. The number of methoxy groups -OCH3 is 1. The second-order valence-electron chi connectivity index (χ2n) is 5.31. The third-order valence-corrected chi connectivity index (χ3v) is 4.38. The molecule has 2 saturated heterocycles. The van der Waals surface area contributed by atoms with Crippen LogP contribution in [0.5, 0.6) is 5.75 Å². The number of hydrogen-bond donors (Lipinski definition) is 1.